The highest BCUT2D eigenvalue weighted by molar-refractivity contribution is 7.17. The fourth-order valence-corrected chi connectivity index (χ4v) is 6.26. The molecule has 0 N–H and O–H groups in total. The van der Waals surface area contributed by atoms with Crippen molar-refractivity contribution < 1.29 is 4.79 Å². The quantitative estimate of drug-likeness (QED) is 0.375. The zero-order valence-electron chi connectivity index (χ0n) is 19.8. The predicted molar refractivity (Wildman–Crippen MR) is 141 cm³/mol. The van der Waals surface area contributed by atoms with Gasteiger partial charge in [-0.3, -0.25) is 9.78 Å². The van der Waals surface area contributed by atoms with E-state index in [1.165, 1.54) is 17.5 Å². The van der Waals surface area contributed by atoms with Crippen molar-refractivity contribution in [2.24, 2.45) is 5.92 Å². The molecule has 5 heterocycles. The van der Waals surface area contributed by atoms with Gasteiger partial charge in [-0.25, -0.2) is 9.97 Å². The first kappa shape index (κ1) is 22.2. The molecule has 178 valence electrons. The zero-order chi connectivity index (χ0) is 23.6. The van der Waals surface area contributed by atoms with Gasteiger partial charge in [0, 0.05) is 61.0 Å². The average molecular weight is 484 g/mol. The monoisotopic (exact) mass is 483 g/mol. The molecule has 2 aliphatic heterocycles. The molecule has 6 nitrogen and oxygen atoms in total. The molecule has 0 bridgehead atoms. The van der Waals surface area contributed by atoms with E-state index in [1.54, 1.807) is 17.5 Å². The Kier molecular flexibility index (Phi) is 6.17. The van der Waals surface area contributed by atoms with Crippen LogP contribution in [0.5, 0.6) is 0 Å². The Labute approximate surface area is 209 Å². The molecule has 0 spiro atoms. The number of carbonyl (C=O) groups is 1. The summed E-state index contributed by atoms with van der Waals surface area (Å²) >= 11 is 1.66. The Bertz CT molecular complexity index is 1310. The summed E-state index contributed by atoms with van der Waals surface area (Å²) in [5, 5.41) is 3.30. The third-order valence-corrected chi connectivity index (χ3v) is 8.10. The molecule has 6 rings (SSSR count). The summed E-state index contributed by atoms with van der Waals surface area (Å²) in [5.74, 6) is 2.15. The standard InChI is InChI=1S/C28H29N5OS/c34-28(33-14-5-2-6-15-33)21-11-16-32(17-12-21)26-24-23(20-8-3-1-4-9-20)19-35-27(24)31-25(30-26)22-10-7-13-29-18-22/h1,3-4,7-10,13,18-19,21H,2,5-6,11-12,14-17H2. The molecule has 2 saturated heterocycles. The van der Waals surface area contributed by atoms with E-state index in [2.05, 4.69) is 44.4 Å². The second kappa shape index (κ2) is 9.74. The highest BCUT2D eigenvalue weighted by Gasteiger charge is 2.31. The molecular formula is C28H29N5OS. The fraction of sp³-hybridized carbons (Fsp3) is 0.357. The SMILES string of the molecule is O=C(C1CCN(c2nc(-c3cccnc3)nc3scc(-c4ccccc4)c23)CC1)N1CCCCC1. The summed E-state index contributed by atoms with van der Waals surface area (Å²) < 4.78 is 0. The van der Waals surface area contributed by atoms with Gasteiger partial charge in [0.1, 0.15) is 10.6 Å². The van der Waals surface area contributed by atoms with Crippen LogP contribution in [-0.2, 0) is 4.79 Å². The second-order valence-electron chi connectivity index (χ2n) is 9.46. The Balaban J connectivity index is 1.35. The van der Waals surface area contributed by atoms with Crippen molar-refractivity contribution in [1.29, 1.82) is 0 Å². The van der Waals surface area contributed by atoms with Crippen molar-refractivity contribution in [3.05, 3.63) is 60.2 Å². The van der Waals surface area contributed by atoms with E-state index in [4.69, 9.17) is 9.97 Å². The van der Waals surface area contributed by atoms with Gasteiger partial charge in [-0.15, -0.1) is 11.3 Å². The third-order valence-electron chi connectivity index (χ3n) is 7.23. The van der Waals surface area contributed by atoms with Crippen molar-refractivity contribution in [3.63, 3.8) is 0 Å². The van der Waals surface area contributed by atoms with E-state index in [0.29, 0.717) is 11.7 Å². The Hall–Kier alpha value is -3.32. The molecule has 2 aliphatic rings. The lowest BCUT2D eigenvalue weighted by atomic mass is 9.94. The van der Waals surface area contributed by atoms with Gasteiger partial charge < -0.3 is 9.80 Å². The topological polar surface area (TPSA) is 62.2 Å². The molecule has 35 heavy (non-hydrogen) atoms. The molecule has 0 radical (unpaired) electrons. The summed E-state index contributed by atoms with van der Waals surface area (Å²) in [6, 6.07) is 14.4. The number of thiophene rings is 1. The van der Waals surface area contributed by atoms with Crippen LogP contribution in [0.15, 0.2) is 60.2 Å². The number of hydrogen-bond acceptors (Lipinski definition) is 6. The number of aromatic nitrogens is 3. The average Bonchev–Trinajstić information content (AvgIpc) is 3.38. The van der Waals surface area contributed by atoms with E-state index >= 15 is 0 Å². The van der Waals surface area contributed by atoms with Crippen molar-refractivity contribution >= 4 is 33.3 Å². The van der Waals surface area contributed by atoms with Gasteiger partial charge in [-0.1, -0.05) is 30.3 Å². The summed E-state index contributed by atoms with van der Waals surface area (Å²) in [5.41, 5.74) is 3.26. The maximum Gasteiger partial charge on any atom is 0.225 e. The highest BCUT2D eigenvalue weighted by Crippen LogP contribution is 2.40. The van der Waals surface area contributed by atoms with Crippen LogP contribution >= 0.6 is 11.3 Å². The number of likely N-dealkylation sites (tertiary alicyclic amines) is 1. The summed E-state index contributed by atoms with van der Waals surface area (Å²) in [6.07, 6.45) is 8.85. The van der Waals surface area contributed by atoms with Gasteiger partial charge in [0.2, 0.25) is 5.91 Å². The molecule has 0 saturated carbocycles. The van der Waals surface area contributed by atoms with E-state index < -0.39 is 0 Å². The summed E-state index contributed by atoms with van der Waals surface area (Å²) in [4.78, 5) is 32.9. The first-order valence-electron chi connectivity index (χ1n) is 12.6. The number of rotatable bonds is 4. The largest absolute Gasteiger partial charge is 0.356 e. The number of carbonyl (C=O) groups excluding carboxylic acids is 1. The maximum atomic E-state index is 13.1. The van der Waals surface area contributed by atoms with Crippen molar-refractivity contribution in [1.82, 2.24) is 19.9 Å². The predicted octanol–water partition coefficient (Wildman–Crippen LogP) is 5.65. The summed E-state index contributed by atoms with van der Waals surface area (Å²) in [7, 11) is 0. The van der Waals surface area contributed by atoms with Gasteiger partial charge >= 0.3 is 0 Å². The van der Waals surface area contributed by atoms with E-state index in [9.17, 15) is 4.79 Å². The number of piperidine rings is 2. The van der Waals surface area contributed by atoms with Crippen LogP contribution in [0, 0.1) is 5.92 Å². The minimum Gasteiger partial charge on any atom is -0.356 e. The molecule has 0 aliphatic carbocycles. The normalized spacial score (nSPS) is 17.1. The zero-order valence-corrected chi connectivity index (χ0v) is 20.6. The van der Waals surface area contributed by atoms with Gasteiger partial charge in [-0.05, 0) is 49.8 Å². The van der Waals surface area contributed by atoms with E-state index in [1.807, 2.05) is 24.4 Å². The number of pyridine rings is 1. The Morgan fingerprint density at radius 1 is 0.886 bits per heavy atom. The molecule has 1 amide bonds. The fourth-order valence-electron chi connectivity index (χ4n) is 5.32. The minimum absolute atomic E-state index is 0.121. The van der Waals surface area contributed by atoms with Crippen LogP contribution in [0.1, 0.15) is 32.1 Å². The van der Waals surface area contributed by atoms with Crippen LogP contribution in [0.4, 0.5) is 5.82 Å². The van der Waals surface area contributed by atoms with Crippen molar-refractivity contribution in [2.45, 2.75) is 32.1 Å². The van der Waals surface area contributed by atoms with E-state index in [0.717, 1.165) is 73.5 Å². The van der Waals surface area contributed by atoms with Crippen molar-refractivity contribution in [2.75, 3.05) is 31.1 Å². The number of fused-ring (bicyclic) bond motifs is 1. The number of amides is 1. The molecule has 0 unspecified atom stereocenters. The summed E-state index contributed by atoms with van der Waals surface area (Å²) in [6.45, 7) is 3.50. The lowest BCUT2D eigenvalue weighted by molar-refractivity contribution is -0.137. The molecule has 7 heteroatoms. The first-order valence-corrected chi connectivity index (χ1v) is 13.4. The van der Waals surface area contributed by atoms with Crippen LogP contribution in [-0.4, -0.2) is 51.9 Å². The number of anilines is 1. The minimum atomic E-state index is 0.121. The number of benzene rings is 1. The van der Waals surface area contributed by atoms with Crippen LogP contribution < -0.4 is 4.90 Å². The number of hydrogen-bond donors (Lipinski definition) is 0. The van der Waals surface area contributed by atoms with Gasteiger partial charge in [0.15, 0.2) is 5.82 Å². The van der Waals surface area contributed by atoms with E-state index in [-0.39, 0.29) is 5.92 Å². The molecule has 2 fully saturated rings. The first-order chi connectivity index (χ1) is 17.3. The molecule has 4 aromatic rings. The Morgan fingerprint density at radius 3 is 2.40 bits per heavy atom. The lowest BCUT2D eigenvalue weighted by Crippen LogP contribution is -2.44. The van der Waals surface area contributed by atoms with Gasteiger partial charge in [0.25, 0.3) is 0 Å². The smallest absolute Gasteiger partial charge is 0.225 e. The van der Waals surface area contributed by atoms with Crippen molar-refractivity contribution in [3.8, 4) is 22.5 Å². The second-order valence-corrected chi connectivity index (χ2v) is 10.3. The lowest BCUT2D eigenvalue weighted by Gasteiger charge is -2.36. The van der Waals surface area contributed by atoms with Crippen LogP contribution in [0.25, 0.3) is 32.7 Å². The van der Waals surface area contributed by atoms with Gasteiger partial charge in [0.05, 0.1) is 5.39 Å². The number of nitrogens with zero attached hydrogens (tertiary/aromatic N) is 5. The highest BCUT2D eigenvalue weighted by atomic mass is 32.1. The third kappa shape index (κ3) is 4.41. The molecular weight excluding hydrogens is 454 g/mol. The Morgan fingerprint density at radius 2 is 1.66 bits per heavy atom. The maximum absolute atomic E-state index is 13.1. The molecule has 0 atom stereocenters. The van der Waals surface area contributed by atoms with Crippen LogP contribution in [0.2, 0.25) is 0 Å². The molecule has 3 aromatic heterocycles. The molecule has 1 aromatic carbocycles. The van der Waals surface area contributed by atoms with Gasteiger partial charge in [-0.2, -0.15) is 0 Å². The van der Waals surface area contributed by atoms with Crippen LogP contribution in [0.3, 0.4) is 0 Å².